The van der Waals surface area contributed by atoms with Crippen LogP contribution in [0, 0.1) is 5.92 Å². The van der Waals surface area contributed by atoms with Gasteiger partial charge in [0.2, 0.25) is 0 Å². The SMILES string of the molecule is CC(C)(C)c1ccc(C(C)(O)C2CC2)cc1. The standard InChI is InChI=1S/C15H22O/c1-14(2,3)11-5-7-12(8-6-11)15(4,16)13-9-10-13/h5-8,13,16H,9-10H2,1-4H3. The van der Waals surface area contributed by atoms with Crippen molar-refractivity contribution in [2.75, 3.05) is 0 Å². The van der Waals surface area contributed by atoms with E-state index in [-0.39, 0.29) is 5.41 Å². The lowest BCUT2D eigenvalue weighted by atomic mass is 9.84. The van der Waals surface area contributed by atoms with E-state index in [4.69, 9.17) is 0 Å². The smallest absolute Gasteiger partial charge is 0.0896 e. The lowest BCUT2D eigenvalue weighted by Gasteiger charge is -2.25. The zero-order valence-corrected chi connectivity index (χ0v) is 10.7. The molecule has 0 spiro atoms. The zero-order valence-electron chi connectivity index (χ0n) is 10.7. The van der Waals surface area contributed by atoms with Gasteiger partial charge in [-0.25, -0.2) is 0 Å². The predicted molar refractivity (Wildman–Crippen MR) is 67.4 cm³/mol. The first-order valence-corrected chi connectivity index (χ1v) is 6.15. The molecule has 0 aliphatic heterocycles. The van der Waals surface area contributed by atoms with Crippen molar-refractivity contribution in [3.63, 3.8) is 0 Å². The van der Waals surface area contributed by atoms with Crippen LogP contribution in [0.3, 0.4) is 0 Å². The summed E-state index contributed by atoms with van der Waals surface area (Å²) < 4.78 is 0. The van der Waals surface area contributed by atoms with Gasteiger partial charge in [-0.1, -0.05) is 45.0 Å². The highest BCUT2D eigenvalue weighted by Gasteiger charge is 2.41. The average molecular weight is 218 g/mol. The number of hydrogen-bond acceptors (Lipinski definition) is 1. The van der Waals surface area contributed by atoms with E-state index < -0.39 is 5.60 Å². The second-order valence-electron chi connectivity index (χ2n) is 6.25. The van der Waals surface area contributed by atoms with E-state index >= 15 is 0 Å². The molecule has 1 heteroatoms. The Kier molecular flexibility index (Phi) is 2.62. The summed E-state index contributed by atoms with van der Waals surface area (Å²) in [5, 5.41) is 10.4. The quantitative estimate of drug-likeness (QED) is 0.804. The summed E-state index contributed by atoms with van der Waals surface area (Å²) >= 11 is 0. The Balaban J connectivity index is 2.25. The summed E-state index contributed by atoms with van der Waals surface area (Å²) in [6.07, 6.45) is 2.32. The topological polar surface area (TPSA) is 20.2 Å². The van der Waals surface area contributed by atoms with E-state index in [0.29, 0.717) is 5.92 Å². The molecule has 88 valence electrons. The van der Waals surface area contributed by atoms with Crippen molar-refractivity contribution in [3.8, 4) is 0 Å². The molecular weight excluding hydrogens is 196 g/mol. The van der Waals surface area contributed by atoms with Crippen molar-refractivity contribution < 1.29 is 5.11 Å². The molecule has 1 unspecified atom stereocenters. The van der Waals surface area contributed by atoms with Gasteiger partial charge in [0.05, 0.1) is 5.60 Å². The predicted octanol–water partition coefficient (Wildman–Crippen LogP) is 3.60. The van der Waals surface area contributed by atoms with Gasteiger partial charge in [-0.3, -0.25) is 0 Å². The molecule has 1 atom stereocenters. The van der Waals surface area contributed by atoms with Crippen LogP contribution in [0.15, 0.2) is 24.3 Å². The Bertz CT molecular complexity index is 363. The van der Waals surface area contributed by atoms with Gasteiger partial charge in [0, 0.05) is 0 Å². The maximum absolute atomic E-state index is 10.4. The summed E-state index contributed by atoms with van der Waals surface area (Å²) in [6.45, 7) is 8.57. The number of rotatable bonds is 2. The van der Waals surface area contributed by atoms with Gasteiger partial charge >= 0.3 is 0 Å². The number of hydrogen-bond donors (Lipinski definition) is 1. The van der Waals surface area contributed by atoms with Gasteiger partial charge in [-0.05, 0) is 42.2 Å². The first-order valence-electron chi connectivity index (χ1n) is 6.15. The normalized spacial score (nSPS) is 20.6. The maximum Gasteiger partial charge on any atom is 0.0896 e. The van der Waals surface area contributed by atoms with Crippen molar-refractivity contribution >= 4 is 0 Å². The van der Waals surface area contributed by atoms with Crippen LogP contribution in [-0.4, -0.2) is 5.11 Å². The van der Waals surface area contributed by atoms with E-state index in [1.807, 2.05) is 6.92 Å². The molecule has 0 heterocycles. The fraction of sp³-hybridized carbons (Fsp3) is 0.600. The van der Waals surface area contributed by atoms with Gasteiger partial charge in [-0.15, -0.1) is 0 Å². The minimum atomic E-state index is -0.629. The third-order valence-corrected chi connectivity index (χ3v) is 3.71. The third-order valence-electron chi connectivity index (χ3n) is 3.71. The first kappa shape index (κ1) is 11.7. The zero-order chi connectivity index (χ0) is 12.0. The van der Waals surface area contributed by atoms with E-state index in [2.05, 4.69) is 45.0 Å². The lowest BCUT2D eigenvalue weighted by Crippen LogP contribution is -2.24. The van der Waals surface area contributed by atoms with Crippen LogP contribution in [-0.2, 0) is 11.0 Å². The molecule has 0 aromatic heterocycles. The van der Waals surface area contributed by atoms with Crippen LogP contribution in [0.2, 0.25) is 0 Å². The highest BCUT2D eigenvalue weighted by atomic mass is 16.3. The van der Waals surface area contributed by atoms with Crippen LogP contribution in [0.25, 0.3) is 0 Å². The Morgan fingerprint density at radius 2 is 1.38 bits per heavy atom. The van der Waals surface area contributed by atoms with Gasteiger partial charge < -0.3 is 5.11 Å². The molecule has 0 bridgehead atoms. The maximum atomic E-state index is 10.4. The molecule has 0 saturated heterocycles. The van der Waals surface area contributed by atoms with Crippen molar-refractivity contribution in [1.82, 2.24) is 0 Å². The minimum Gasteiger partial charge on any atom is -0.385 e. The molecule has 1 aliphatic carbocycles. The minimum absolute atomic E-state index is 0.184. The highest BCUT2D eigenvalue weighted by molar-refractivity contribution is 5.31. The Labute approximate surface area is 98.5 Å². The van der Waals surface area contributed by atoms with Crippen LogP contribution >= 0.6 is 0 Å². The molecule has 2 rings (SSSR count). The second kappa shape index (κ2) is 3.59. The summed E-state index contributed by atoms with van der Waals surface area (Å²) in [5.74, 6) is 0.466. The fourth-order valence-corrected chi connectivity index (χ4v) is 2.19. The summed E-state index contributed by atoms with van der Waals surface area (Å²) in [4.78, 5) is 0. The fourth-order valence-electron chi connectivity index (χ4n) is 2.19. The molecule has 1 aliphatic rings. The monoisotopic (exact) mass is 218 g/mol. The van der Waals surface area contributed by atoms with Gasteiger partial charge in [0.15, 0.2) is 0 Å². The largest absolute Gasteiger partial charge is 0.385 e. The Hall–Kier alpha value is -0.820. The van der Waals surface area contributed by atoms with E-state index in [9.17, 15) is 5.11 Å². The van der Waals surface area contributed by atoms with E-state index in [1.54, 1.807) is 0 Å². The summed E-state index contributed by atoms with van der Waals surface area (Å²) in [6, 6.07) is 8.45. The average Bonchev–Trinajstić information content (AvgIpc) is 3.00. The number of benzene rings is 1. The molecular formula is C15H22O. The molecule has 1 saturated carbocycles. The second-order valence-corrected chi connectivity index (χ2v) is 6.25. The van der Waals surface area contributed by atoms with Crippen molar-refractivity contribution in [2.45, 2.75) is 51.6 Å². The molecule has 0 amide bonds. The lowest BCUT2D eigenvalue weighted by molar-refractivity contribution is 0.0330. The molecule has 1 N–H and O–H groups in total. The van der Waals surface area contributed by atoms with Crippen LogP contribution in [0.1, 0.15) is 51.7 Å². The molecule has 1 nitrogen and oxygen atoms in total. The first-order chi connectivity index (χ1) is 7.32. The summed E-state index contributed by atoms with van der Waals surface area (Å²) in [5.41, 5.74) is 1.94. The van der Waals surface area contributed by atoms with Crippen molar-refractivity contribution in [2.24, 2.45) is 5.92 Å². The molecule has 1 aromatic rings. The van der Waals surface area contributed by atoms with E-state index in [0.717, 1.165) is 18.4 Å². The highest BCUT2D eigenvalue weighted by Crippen LogP contribution is 2.45. The molecule has 16 heavy (non-hydrogen) atoms. The van der Waals surface area contributed by atoms with Gasteiger partial charge in [0.1, 0.15) is 0 Å². The Morgan fingerprint density at radius 1 is 0.938 bits per heavy atom. The van der Waals surface area contributed by atoms with Crippen LogP contribution < -0.4 is 0 Å². The number of aliphatic hydroxyl groups is 1. The van der Waals surface area contributed by atoms with Crippen molar-refractivity contribution in [1.29, 1.82) is 0 Å². The summed E-state index contributed by atoms with van der Waals surface area (Å²) in [7, 11) is 0. The van der Waals surface area contributed by atoms with E-state index in [1.165, 1.54) is 5.56 Å². The molecule has 1 aromatic carbocycles. The van der Waals surface area contributed by atoms with Crippen LogP contribution in [0.4, 0.5) is 0 Å². The molecule has 1 fully saturated rings. The molecule has 0 radical (unpaired) electrons. The Morgan fingerprint density at radius 3 is 1.75 bits per heavy atom. The van der Waals surface area contributed by atoms with Gasteiger partial charge in [-0.2, -0.15) is 0 Å². The van der Waals surface area contributed by atoms with Crippen LogP contribution in [0.5, 0.6) is 0 Å². The van der Waals surface area contributed by atoms with Crippen molar-refractivity contribution in [3.05, 3.63) is 35.4 Å². The van der Waals surface area contributed by atoms with Gasteiger partial charge in [0.25, 0.3) is 0 Å². The third kappa shape index (κ3) is 2.15.